The van der Waals surface area contributed by atoms with Gasteiger partial charge >= 0.3 is 10.2 Å². The summed E-state index contributed by atoms with van der Waals surface area (Å²) in [5.74, 6) is -1.55. The zero-order valence-corrected chi connectivity index (χ0v) is 8.98. The van der Waals surface area contributed by atoms with Gasteiger partial charge in [0, 0.05) is 20.2 Å². The van der Waals surface area contributed by atoms with Crippen LogP contribution in [0.15, 0.2) is 18.2 Å². The Morgan fingerprint density at radius 3 is 2.40 bits per heavy atom. The van der Waals surface area contributed by atoms with Gasteiger partial charge in [-0.1, -0.05) is 0 Å². The van der Waals surface area contributed by atoms with Crippen molar-refractivity contribution in [1.82, 2.24) is 4.31 Å². The maximum Gasteiger partial charge on any atom is 0.301 e. The lowest BCUT2D eigenvalue weighted by molar-refractivity contribution is 0.525. The highest BCUT2D eigenvalue weighted by molar-refractivity contribution is 7.90. The van der Waals surface area contributed by atoms with Crippen LogP contribution in [0, 0.1) is 11.6 Å². The highest BCUT2D eigenvalue weighted by Gasteiger charge is 2.15. The van der Waals surface area contributed by atoms with Crippen molar-refractivity contribution in [3.63, 3.8) is 0 Å². The summed E-state index contributed by atoms with van der Waals surface area (Å²) in [6, 6.07) is 2.53. The number of hydrogen-bond acceptors (Lipinski definition) is 2. The first kappa shape index (κ1) is 11.9. The van der Waals surface area contributed by atoms with E-state index in [1.807, 2.05) is 4.72 Å². The van der Waals surface area contributed by atoms with Gasteiger partial charge in [0.1, 0.15) is 11.6 Å². The fraction of sp³-hybridized carbons (Fsp3) is 0.250. The predicted octanol–water partition coefficient (Wildman–Crippen LogP) is 1.18. The zero-order chi connectivity index (χ0) is 11.6. The summed E-state index contributed by atoms with van der Waals surface area (Å²) in [6.07, 6.45) is 0. The van der Waals surface area contributed by atoms with Crippen LogP contribution in [0.1, 0.15) is 0 Å². The van der Waals surface area contributed by atoms with Gasteiger partial charge in [-0.3, -0.25) is 4.72 Å². The van der Waals surface area contributed by atoms with Crippen LogP contribution in [-0.2, 0) is 10.2 Å². The van der Waals surface area contributed by atoms with Crippen LogP contribution in [-0.4, -0.2) is 26.8 Å². The van der Waals surface area contributed by atoms with Gasteiger partial charge in [0.2, 0.25) is 0 Å². The molecule has 4 nitrogen and oxygen atoms in total. The van der Waals surface area contributed by atoms with Gasteiger partial charge in [-0.05, 0) is 12.1 Å². The highest BCUT2D eigenvalue weighted by atomic mass is 32.2. The molecule has 0 aliphatic carbocycles. The minimum Gasteiger partial charge on any atom is -0.268 e. The third-order valence-electron chi connectivity index (χ3n) is 1.65. The van der Waals surface area contributed by atoms with E-state index in [4.69, 9.17) is 0 Å². The maximum absolute atomic E-state index is 13.1. The molecule has 0 atom stereocenters. The number of benzene rings is 1. The van der Waals surface area contributed by atoms with Gasteiger partial charge in [0.15, 0.2) is 0 Å². The van der Waals surface area contributed by atoms with Crippen LogP contribution in [0.25, 0.3) is 0 Å². The first-order chi connectivity index (χ1) is 6.83. The van der Waals surface area contributed by atoms with Crippen LogP contribution in [0.4, 0.5) is 14.5 Å². The summed E-state index contributed by atoms with van der Waals surface area (Å²) in [4.78, 5) is 0. The summed E-state index contributed by atoms with van der Waals surface area (Å²) >= 11 is 0. The first-order valence-corrected chi connectivity index (χ1v) is 5.42. The molecule has 0 saturated carbocycles. The molecule has 7 heteroatoms. The molecule has 1 aromatic rings. The van der Waals surface area contributed by atoms with Crippen molar-refractivity contribution in [3.05, 3.63) is 29.8 Å². The molecule has 0 bridgehead atoms. The fourth-order valence-electron chi connectivity index (χ4n) is 0.806. The van der Waals surface area contributed by atoms with Crippen LogP contribution in [0.5, 0.6) is 0 Å². The molecule has 1 rings (SSSR count). The molecule has 0 radical (unpaired) electrons. The van der Waals surface area contributed by atoms with E-state index in [-0.39, 0.29) is 0 Å². The van der Waals surface area contributed by atoms with Crippen LogP contribution in [0.2, 0.25) is 0 Å². The van der Waals surface area contributed by atoms with E-state index in [0.29, 0.717) is 0 Å². The Kier molecular flexibility index (Phi) is 3.25. The number of nitrogens with zero attached hydrogens (tertiary/aromatic N) is 1. The smallest absolute Gasteiger partial charge is 0.268 e. The molecule has 1 N–H and O–H groups in total. The predicted molar refractivity (Wildman–Crippen MR) is 52.6 cm³/mol. The normalized spacial score (nSPS) is 11.8. The minimum atomic E-state index is -3.81. The second kappa shape index (κ2) is 4.11. The molecule has 0 saturated heterocycles. The SMILES string of the molecule is CN(C)S(=O)(=O)Nc1cc(F)ccc1F. The van der Waals surface area contributed by atoms with Crippen molar-refractivity contribution in [2.45, 2.75) is 0 Å². The van der Waals surface area contributed by atoms with Gasteiger partial charge in [-0.2, -0.15) is 12.7 Å². The average molecular weight is 236 g/mol. The zero-order valence-electron chi connectivity index (χ0n) is 8.16. The Labute approximate surface area is 86.7 Å². The van der Waals surface area contributed by atoms with Crippen molar-refractivity contribution >= 4 is 15.9 Å². The lowest BCUT2D eigenvalue weighted by atomic mass is 10.3. The van der Waals surface area contributed by atoms with E-state index in [9.17, 15) is 17.2 Å². The molecule has 1 aromatic carbocycles. The monoisotopic (exact) mass is 236 g/mol. The Morgan fingerprint density at radius 2 is 1.87 bits per heavy atom. The number of rotatable bonds is 3. The second-order valence-electron chi connectivity index (χ2n) is 3.01. The molecule has 0 aliphatic heterocycles. The quantitative estimate of drug-likeness (QED) is 0.856. The first-order valence-electron chi connectivity index (χ1n) is 3.98. The van der Waals surface area contributed by atoms with E-state index >= 15 is 0 Å². The van der Waals surface area contributed by atoms with Crippen LogP contribution < -0.4 is 4.72 Å². The highest BCUT2D eigenvalue weighted by Crippen LogP contribution is 2.17. The van der Waals surface area contributed by atoms with Gasteiger partial charge in [0.05, 0.1) is 5.69 Å². The van der Waals surface area contributed by atoms with E-state index in [0.717, 1.165) is 22.5 Å². The lowest BCUT2D eigenvalue weighted by Gasteiger charge is -2.13. The van der Waals surface area contributed by atoms with Gasteiger partial charge < -0.3 is 0 Å². The standard InChI is InChI=1S/C8H10F2N2O2S/c1-12(2)15(13,14)11-8-5-6(9)3-4-7(8)10/h3-5,11H,1-2H3. The molecule has 0 aromatic heterocycles. The van der Waals surface area contributed by atoms with Crippen LogP contribution >= 0.6 is 0 Å². The maximum atomic E-state index is 13.1. The lowest BCUT2D eigenvalue weighted by Crippen LogP contribution is -2.29. The largest absolute Gasteiger partial charge is 0.301 e. The van der Waals surface area contributed by atoms with E-state index in [2.05, 4.69) is 0 Å². The van der Waals surface area contributed by atoms with Crippen molar-refractivity contribution in [2.24, 2.45) is 0 Å². The van der Waals surface area contributed by atoms with Crippen molar-refractivity contribution < 1.29 is 17.2 Å². The molecule has 15 heavy (non-hydrogen) atoms. The summed E-state index contributed by atoms with van der Waals surface area (Å²) in [5, 5.41) is 0. The van der Waals surface area contributed by atoms with Gasteiger partial charge in [-0.25, -0.2) is 8.78 Å². The molecule has 0 unspecified atom stereocenters. The number of nitrogens with one attached hydrogen (secondary N) is 1. The Morgan fingerprint density at radius 1 is 1.27 bits per heavy atom. The molecular formula is C8H10F2N2O2S. The Balaban J connectivity index is 3.05. The second-order valence-corrected chi connectivity index (χ2v) is 4.90. The fourth-order valence-corrected chi connectivity index (χ4v) is 1.42. The molecule has 84 valence electrons. The molecular weight excluding hydrogens is 226 g/mol. The van der Waals surface area contributed by atoms with Crippen LogP contribution in [0.3, 0.4) is 0 Å². The number of hydrogen-bond donors (Lipinski definition) is 1. The van der Waals surface area contributed by atoms with E-state index < -0.39 is 27.5 Å². The minimum absolute atomic E-state index is 0.413. The van der Waals surface area contributed by atoms with Gasteiger partial charge in [0.25, 0.3) is 0 Å². The summed E-state index contributed by atoms with van der Waals surface area (Å²) in [7, 11) is -1.26. The van der Waals surface area contributed by atoms with Crippen molar-refractivity contribution in [3.8, 4) is 0 Å². The summed E-state index contributed by atoms with van der Waals surface area (Å²) in [5.41, 5.74) is -0.413. The number of halogens is 2. The molecule has 0 aliphatic rings. The van der Waals surface area contributed by atoms with Crippen molar-refractivity contribution in [2.75, 3.05) is 18.8 Å². The topological polar surface area (TPSA) is 49.4 Å². The average Bonchev–Trinajstić information content (AvgIpc) is 2.10. The third-order valence-corrected chi connectivity index (χ3v) is 3.09. The molecule has 0 heterocycles. The summed E-state index contributed by atoms with van der Waals surface area (Å²) < 4.78 is 51.1. The van der Waals surface area contributed by atoms with E-state index in [1.165, 1.54) is 14.1 Å². The molecule has 0 amide bonds. The number of anilines is 1. The Hall–Kier alpha value is -1.21. The molecule has 0 spiro atoms. The third kappa shape index (κ3) is 2.87. The summed E-state index contributed by atoms with van der Waals surface area (Å²) in [6.45, 7) is 0. The van der Waals surface area contributed by atoms with Crippen molar-refractivity contribution in [1.29, 1.82) is 0 Å². The van der Waals surface area contributed by atoms with Gasteiger partial charge in [-0.15, -0.1) is 0 Å². The molecule has 0 fully saturated rings. The Bertz CT molecular complexity index is 460. The van der Waals surface area contributed by atoms with E-state index in [1.54, 1.807) is 0 Å².